The Morgan fingerprint density at radius 1 is 1.12 bits per heavy atom. The third-order valence-electron chi connectivity index (χ3n) is 7.73. The maximum Gasteiger partial charge on any atom is 0.265 e. The van der Waals surface area contributed by atoms with Crippen molar-refractivity contribution in [2.24, 2.45) is 17.8 Å². The van der Waals surface area contributed by atoms with Gasteiger partial charge in [0, 0.05) is 22.4 Å². The maximum atomic E-state index is 14.0. The second-order valence-corrected chi connectivity index (χ2v) is 10.9. The van der Waals surface area contributed by atoms with E-state index in [9.17, 15) is 14.0 Å². The molecular formula is C26H28F2N2OS. The Bertz CT molecular complexity index is 996. The van der Waals surface area contributed by atoms with Gasteiger partial charge in [-0.3, -0.25) is 0 Å². The lowest BCUT2D eigenvalue weighted by atomic mass is 9.48. The van der Waals surface area contributed by atoms with Crippen molar-refractivity contribution in [2.75, 3.05) is 12.9 Å². The lowest BCUT2D eigenvalue weighted by Crippen LogP contribution is -2.49. The molecule has 1 aromatic carbocycles. The quantitative estimate of drug-likeness (QED) is 0.437. The molecule has 168 valence electrons. The number of thioether (sulfide) groups is 1. The molecule has 0 amide bonds. The molecule has 0 N–H and O–H groups in total. The first-order chi connectivity index (χ1) is 15.5. The van der Waals surface area contributed by atoms with Crippen LogP contribution in [0.3, 0.4) is 0 Å². The van der Waals surface area contributed by atoms with E-state index in [1.165, 1.54) is 31.0 Å². The number of aryl methyl sites for hydroxylation is 1. The number of nitrogens with zero attached hydrogens (tertiary/aromatic N) is 2. The minimum Gasteiger partial charge on any atom is -0.497 e. The van der Waals surface area contributed by atoms with Gasteiger partial charge in [0.15, 0.2) is 0 Å². The number of methoxy groups -OCH3 is 1. The van der Waals surface area contributed by atoms with Gasteiger partial charge in [-0.15, -0.1) is 11.8 Å². The number of ether oxygens (including phenoxy) is 1. The summed E-state index contributed by atoms with van der Waals surface area (Å²) < 4.78 is 33.2. The van der Waals surface area contributed by atoms with Crippen LogP contribution < -0.4 is 4.74 Å². The van der Waals surface area contributed by atoms with Crippen molar-refractivity contribution in [3.05, 3.63) is 52.7 Å². The maximum absolute atomic E-state index is 14.0. The van der Waals surface area contributed by atoms with Crippen molar-refractivity contribution in [3.63, 3.8) is 0 Å². The number of benzene rings is 1. The molecular weight excluding hydrogens is 426 g/mol. The highest BCUT2D eigenvalue weighted by Crippen LogP contribution is 2.60. The molecule has 6 heteroatoms. The van der Waals surface area contributed by atoms with E-state index < -0.39 is 6.43 Å². The van der Waals surface area contributed by atoms with Crippen LogP contribution in [0.5, 0.6) is 5.75 Å². The van der Waals surface area contributed by atoms with Crippen molar-refractivity contribution in [3.8, 4) is 11.8 Å². The first-order valence-electron chi connectivity index (χ1n) is 11.5. The first kappa shape index (κ1) is 21.7. The predicted octanol–water partition coefficient (Wildman–Crippen LogP) is 6.70. The molecule has 6 rings (SSSR count). The molecule has 4 saturated carbocycles. The number of halogens is 2. The zero-order chi connectivity index (χ0) is 22.3. The summed E-state index contributed by atoms with van der Waals surface area (Å²) in [6.07, 6.45) is 5.18. The van der Waals surface area contributed by atoms with E-state index >= 15 is 0 Å². The highest BCUT2D eigenvalue weighted by molar-refractivity contribution is 7.99. The Morgan fingerprint density at radius 2 is 1.75 bits per heavy atom. The summed E-state index contributed by atoms with van der Waals surface area (Å²) in [6.45, 7) is 0. The van der Waals surface area contributed by atoms with Crippen molar-refractivity contribution >= 4 is 11.8 Å². The minimum atomic E-state index is -2.67. The molecule has 2 aromatic rings. The Morgan fingerprint density at radius 3 is 2.28 bits per heavy atom. The molecule has 4 bridgehead atoms. The number of aromatic nitrogens is 1. The summed E-state index contributed by atoms with van der Waals surface area (Å²) in [5.74, 6) is 3.61. The van der Waals surface area contributed by atoms with Gasteiger partial charge in [-0.1, -0.05) is 12.1 Å². The molecule has 0 radical (unpaired) electrons. The monoisotopic (exact) mass is 454 g/mol. The fraction of sp³-hybridized carbons (Fsp3) is 0.538. The van der Waals surface area contributed by atoms with Crippen LogP contribution in [-0.4, -0.2) is 17.8 Å². The van der Waals surface area contributed by atoms with Gasteiger partial charge in [0.25, 0.3) is 6.43 Å². The molecule has 0 atom stereocenters. The summed E-state index contributed by atoms with van der Waals surface area (Å²) in [4.78, 5) is 4.92. The van der Waals surface area contributed by atoms with Crippen molar-refractivity contribution < 1.29 is 13.5 Å². The van der Waals surface area contributed by atoms with Crippen LogP contribution in [0.4, 0.5) is 8.78 Å². The van der Waals surface area contributed by atoms with Crippen molar-refractivity contribution in [1.82, 2.24) is 4.98 Å². The van der Waals surface area contributed by atoms with Crippen LogP contribution in [0, 0.1) is 29.1 Å². The van der Waals surface area contributed by atoms with Gasteiger partial charge in [0.1, 0.15) is 16.8 Å². The normalized spacial score (nSPS) is 28.2. The van der Waals surface area contributed by atoms with E-state index in [2.05, 4.69) is 0 Å². The third-order valence-corrected chi connectivity index (χ3v) is 8.71. The molecule has 0 unspecified atom stereocenters. The molecule has 32 heavy (non-hydrogen) atoms. The predicted molar refractivity (Wildman–Crippen MR) is 121 cm³/mol. The fourth-order valence-electron chi connectivity index (χ4n) is 6.68. The van der Waals surface area contributed by atoms with Gasteiger partial charge in [-0.2, -0.15) is 5.26 Å². The van der Waals surface area contributed by atoms with Crippen LogP contribution in [-0.2, 0) is 11.8 Å². The van der Waals surface area contributed by atoms with E-state index in [0.717, 1.165) is 42.7 Å². The molecule has 0 aliphatic heterocycles. The van der Waals surface area contributed by atoms with Crippen molar-refractivity contribution in [1.29, 1.82) is 5.26 Å². The molecule has 4 aliphatic carbocycles. The molecule has 1 heterocycles. The first-order valence-corrected chi connectivity index (χ1v) is 12.5. The average Bonchev–Trinajstić information content (AvgIpc) is 2.78. The number of hydrogen-bond donors (Lipinski definition) is 0. The largest absolute Gasteiger partial charge is 0.497 e. The number of alkyl halides is 2. The summed E-state index contributed by atoms with van der Waals surface area (Å²) in [6, 6.07) is 11.5. The molecule has 4 aliphatic rings. The lowest BCUT2D eigenvalue weighted by Gasteiger charge is -2.56. The summed E-state index contributed by atoms with van der Waals surface area (Å²) >= 11 is 1.43. The highest BCUT2D eigenvalue weighted by Gasteiger charge is 2.52. The average molecular weight is 455 g/mol. The smallest absolute Gasteiger partial charge is 0.265 e. The standard InChI is InChI=1S/C26H28F2N2OS/c1-31-20-4-2-16(3-5-20)6-7-32-25-22(15-29)21(24(27)28)11-23(30-25)26-12-17-8-18(13-26)10-19(9-17)14-26/h2-5,11,17-19,24H,6-10,12-14H2,1H3. The van der Waals surface area contributed by atoms with Crippen LogP contribution in [0.25, 0.3) is 0 Å². The Balaban J connectivity index is 1.42. The molecule has 4 fully saturated rings. The Hall–Kier alpha value is -2.13. The molecule has 1 aromatic heterocycles. The number of nitriles is 1. The Kier molecular flexibility index (Phi) is 5.88. The van der Waals surface area contributed by atoms with Gasteiger partial charge in [-0.25, -0.2) is 13.8 Å². The molecule has 0 saturated heterocycles. The van der Waals surface area contributed by atoms with E-state index in [-0.39, 0.29) is 16.5 Å². The SMILES string of the molecule is COc1ccc(CCSc2nc(C34CC5CC(CC(C5)C3)C4)cc(C(F)F)c2C#N)cc1. The summed E-state index contributed by atoms with van der Waals surface area (Å²) in [5.41, 5.74) is 1.80. The molecule has 3 nitrogen and oxygen atoms in total. The zero-order valence-corrected chi connectivity index (χ0v) is 19.1. The zero-order valence-electron chi connectivity index (χ0n) is 18.3. The molecule has 0 spiro atoms. The van der Waals surface area contributed by atoms with Gasteiger partial charge < -0.3 is 4.74 Å². The van der Waals surface area contributed by atoms with Gasteiger partial charge in [0.05, 0.1) is 12.7 Å². The number of hydrogen-bond acceptors (Lipinski definition) is 4. The van der Waals surface area contributed by atoms with Crippen LogP contribution >= 0.6 is 11.8 Å². The van der Waals surface area contributed by atoms with E-state index in [1.807, 2.05) is 30.3 Å². The van der Waals surface area contributed by atoms with E-state index in [0.29, 0.717) is 28.5 Å². The third kappa shape index (κ3) is 4.01. The highest BCUT2D eigenvalue weighted by atomic mass is 32.2. The van der Waals surface area contributed by atoms with Gasteiger partial charge >= 0.3 is 0 Å². The van der Waals surface area contributed by atoms with Crippen LogP contribution in [0.15, 0.2) is 35.4 Å². The summed E-state index contributed by atoms with van der Waals surface area (Å²) in [7, 11) is 1.64. The number of pyridine rings is 1. The second kappa shape index (κ2) is 8.67. The van der Waals surface area contributed by atoms with E-state index in [1.54, 1.807) is 13.2 Å². The summed E-state index contributed by atoms with van der Waals surface area (Å²) in [5, 5.41) is 10.2. The van der Waals surface area contributed by atoms with Crippen molar-refractivity contribution in [2.45, 2.75) is 61.8 Å². The van der Waals surface area contributed by atoms with E-state index in [4.69, 9.17) is 9.72 Å². The van der Waals surface area contributed by atoms with Gasteiger partial charge in [-0.05, 0) is 86.5 Å². The second-order valence-electron chi connectivity index (χ2n) is 9.83. The Labute approximate surface area is 192 Å². The van der Waals surface area contributed by atoms with Crippen LogP contribution in [0.1, 0.15) is 67.3 Å². The van der Waals surface area contributed by atoms with Gasteiger partial charge in [0.2, 0.25) is 0 Å². The fourth-order valence-corrected chi connectivity index (χ4v) is 7.69. The lowest BCUT2D eigenvalue weighted by molar-refractivity contribution is -0.00761. The van der Waals surface area contributed by atoms with Crippen LogP contribution in [0.2, 0.25) is 0 Å². The number of rotatable bonds is 7. The minimum absolute atomic E-state index is 0.0493. The topological polar surface area (TPSA) is 45.9 Å².